The van der Waals surface area contributed by atoms with Crippen molar-refractivity contribution in [2.75, 3.05) is 0 Å². The molecule has 0 aliphatic heterocycles. The summed E-state index contributed by atoms with van der Waals surface area (Å²) in [5, 5.41) is 4.17. The Hall–Kier alpha value is -3.31. The Kier molecular flexibility index (Phi) is 6.19. The summed E-state index contributed by atoms with van der Waals surface area (Å²) in [5.74, 6) is -0.198. The normalized spacial score (nSPS) is 11.4. The monoisotopic (exact) mass is 515 g/mol. The number of nitrogens with zero attached hydrogens (tertiary/aromatic N) is 4. The van der Waals surface area contributed by atoms with Gasteiger partial charge in [-0.1, -0.05) is 18.2 Å². The average Bonchev–Trinajstić information content (AvgIpc) is 3.09. The first kappa shape index (κ1) is 21.9. The first-order valence-electron chi connectivity index (χ1n) is 9.49. The molecule has 9 nitrogen and oxygen atoms in total. The maximum Gasteiger partial charge on any atom is 0.269 e. The molecule has 1 N–H and O–H groups in total. The molecule has 164 valence electrons. The Balaban J connectivity index is 1.51. The highest BCUT2D eigenvalue weighted by Crippen LogP contribution is 2.23. The number of halogens is 1. The highest BCUT2D eigenvalue weighted by molar-refractivity contribution is 9.10. The molecule has 11 heteroatoms. The van der Waals surface area contributed by atoms with Crippen LogP contribution in [0, 0.1) is 6.92 Å². The summed E-state index contributed by atoms with van der Waals surface area (Å²) >= 11 is 3.27. The van der Waals surface area contributed by atoms with E-state index >= 15 is 0 Å². The van der Waals surface area contributed by atoms with Gasteiger partial charge in [0, 0.05) is 30.4 Å². The van der Waals surface area contributed by atoms with E-state index in [2.05, 4.69) is 35.7 Å². The summed E-state index contributed by atoms with van der Waals surface area (Å²) in [6.45, 7) is 1.84. The highest BCUT2D eigenvalue weighted by atomic mass is 79.9. The van der Waals surface area contributed by atoms with Crippen LogP contribution in [-0.4, -0.2) is 33.9 Å². The Morgan fingerprint density at radius 2 is 1.94 bits per heavy atom. The summed E-state index contributed by atoms with van der Waals surface area (Å²) in [5.41, 5.74) is 1.85. The zero-order valence-electron chi connectivity index (χ0n) is 16.9. The molecular weight excluding hydrogens is 498 g/mol. The zero-order chi connectivity index (χ0) is 22.7. The van der Waals surface area contributed by atoms with Crippen molar-refractivity contribution in [1.29, 1.82) is 0 Å². The second-order valence-electron chi connectivity index (χ2n) is 6.91. The van der Waals surface area contributed by atoms with E-state index in [0.717, 1.165) is 5.56 Å². The van der Waals surface area contributed by atoms with Crippen molar-refractivity contribution in [2.24, 2.45) is 0 Å². The highest BCUT2D eigenvalue weighted by Gasteiger charge is 2.27. The lowest BCUT2D eigenvalue weighted by Crippen LogP contribution is -2.32. The van der Waals surface area contributed by atoms with Crippen LogP contribution >= 0.6 is 15.9 Å². The predicted octanol–water partition coefficient (Wildman–Crippen LogP) is 2.82. The fourth-order valence-electron chi connectivity index (χ4n) is 3.16. The second kappa shape index (κ2) is 9.05. The van der Waals surface area contributed by atoms with Gasteiger partial charge >= 0.3 is 0 Å². The summed E-state index contributed by atoms with van der Waals surface area (Å²) in [4.78, 5) is 20.6. The van der Waals surface area contributed by atoms with Crippen molar-refractivity contribution in [1.82, 2.24) is 24.3 Å². The SMILES string of the molecule is Cc1nn2cc(Br)cnc2c1S(=O)(=O)NC(=O)Cc1ccccc1OCc1ccncc1. The molecule has 1 amide bonds. The quantitative estimate of drug-likeness (QED) is 0.402. The summed E-state index contributed by atoms with van der Waals surface area (Å²) in [6, 6.07) is 10.6. The average molecular weight is 516 g/mol. The Bertz CT molecular complexity index is 1390. The van der Waals surface area contributed by atoms with Crippen LogP contribution in [0.2, 0.25) is 0 Å². The minimum Gasteiger partial charge on any atom is -0.489 e. The van der Waals surface area contributed by atoms with E-state index in [-0.39, 0.29) is 22.7 Å². The van der Waals surface area contributed by atoms with E-state index in [0.29, 0.717) is 22.4 Å². The molecule has 4 aromatic rings. The smallest absolute Gasteiger partial charge is 0.269 e. The van der Waals surface area contributed by atoms with Crippen molar-refractivity contribution in [3.8, 4) is 5.75 Å². The summed E-state index contributed by atoms with van der Waals surface area (Å²) in [6.07, 6.45) is 6.21. The number of carbonyl (C=O) groups excluding carboxylic acids is 1. The molecule has 1 aromatic carbocycles. The maximum absolute atomic E-state index is 12.9. The second-order valence-corrected chi connectivity index (χ2v) is 9.45. The fourth-order valence-corrected chi connectivity index (χ4v) is 4.74. The molecule has 32 heavy (non-hydrogen) atoms. The number of amides is 1. The lowest BCUT2D eigenvalue weighted by Gasteiger charge is -2.12. The van der Waals surface area contributed by atoms with E-state index in [1.807, 2.05) is 12.1 Å². The number of hydrogen-bond acceptors (Lipinski definition) is 7. The van der Waals surface area contributed by atoms with Crippen LogP contribution < -0.4 is 9.46 Å². The molecule has 0 fully saturated rings. The van der Waals surface area contributed by atoms with Crippen LogP contribution in [0.5, 0.6) is 5.75 Å². The standard InChI is InChI=1S/C21H18BrN5O4S/c1-14-20(21-24-11-17(22)12-27(21)25-14)32(29,30)26-19(28)10-16-4-2-3-5-18(16)31-13-15-6-8-23-9-7-15/h2-9,11-12H,10,13H2,1H3,(H,26,28). The number of aromatic nitrogens is 4. The van der Waals surface area contributed by atoms with E-state index in [1.54, 1.807) is 49.8 Å². The van der Waals surface area contributed by atoms with Crippen molar-refractivity contribution in [2.45, 2.75) is 24.8 Å². The summed E-state index contributed by atoms with van der Waals surface area (Å²) in [7, 11) is -4.18. The minimum absolute atomic E-state index is 0.132. The Labute approximate surface area is 192 Å². The van der Waals surface area contributed by atoms with E-state index in [9.17, 15) is 13.2 Å². The molecule has 0 aliphatic rings. The van der Waals surface area contributed by atoms with Crippen molar-refractivity contribution < 1.29 is 17.9 Å². The van der Waals surface area contributed by atoms with Crippen LogP contribution in [0.4, 0.5) is 0 Å². The molecule has 0 bridgehead atoms. The van der Waals surface area contributed by atoms with Crippen molar-refractivity contribution in [3.63, 3.8) is 0 Å². The van der Waals surface area contributed by atoms with Crippen molar-refractivity contribution >= 4 is 37.5 Å². The van der Waals surface area contributed by atoms with Gasteiger partial charge in [-0.3, -0.25) is 9.78 Å². The van der Waals surface area contributed by atoms with Crippen LogP contribution in [0.1, 0.15) is 16.8 Å². The molecule has 4 rings (SSSR count). The third kappa shape index (κ3) is 4.78. The number of sulfonamides is 1. The molecule has 0 radical (unpaired) electrons. The number of benzene rings is 1. The van der Waals surface area contributed by atoms with Gasteiger partial charge in [0.25, 0.3) is 10.0 Å². The molecule has 0 unspecified atom stereocenters. The van der Waals surface area contributed by atoms with E-state index in [1.165, 1.54) is 10.7 Å². The molecule has 0 saturated heterocycles. The number of carbonyl (C=O) groups is 1. The molecule has 0 aliphatic carbocycles. The lowest BCUT2D eigenvalue weighted by molar-refractivity contribution is -0.118. The Morgan fingerprint density at radius 3 is 2.72 bits per heavy atom. The molecule has 3 heterocycles. The van der Waals surface area contributed by atoms with E-state index in [4.69, 9.17) is 4.74 Å². The topological polar surface area (TPSA) is 116 Å². The number of fused-ring (bicyclic) bond motifs is 1. The molecule has 0 saturated carbocycles. The van der Waals surface area contributed by atoms with Crippen LogP contribution in [-0.2, 0) is 27.8 Å². The number of nitrogens with one attached hydrogen (secondary N) is 1. The number of rotatable bonds is 7. The van der Waals surface area contributed by atoms with Gasteiger partial charge in [-0.15, -0.1) is 0 Å². The minimum atomic E-state index is -4.18. The molecule has 3 aromatic heterocycles. The third-order valence-electron chi connectivity index (χ3n) is 4.55. The van der Waals surface area contributed by atoms with E-state index < -0.39 is 15.9 Å². The first-order chi connectivity index (χ1) is 15.3. The fraction of sp³-hybridized carbons (Fsp3) is 0.143. The van der Waals surface area contributed by atoms with Gasteiger partial charge in [0.15, 0.2) is 10.5 Å². The number of para-hydroxylation sites is 1. The van der Waals surface area contributed by atoms with Gasteiger partial charge in [-0.25, -0.2) is 22.6 Å². The number of hydrogen-bond donors (Lipinski definition) is 1. The maximum atomic E-state index is 12.9. The van der Waals surface area contributed by atoms with Crippen LogP contribution in [0.3, 0.4) is 0 Å². The Morgan fingerprint density at radius 1 is 1.19 bits per heavy atom. The number of ether oxygens (including phenoxy) is 1. The van der Waals surface area contributed by atoms with Crippen molar-refractivity contribution in [3.05, 3.63) is 82.5 Å². The third-order valence-corrected chi connectivity index (χ3v) is 6.47. The van der Waals surface area contributed by atoms with Gasteiger partial charge in [-0.2, -0.15) is 5.10 Å². The first-order valence-corrected chi connectivity index (χ1v) is 11.8. The number of pyridine rings is 1. The lowest BCUT2D eigenvalue weighted by atomic mass is 10.1. The largest absolute Gasteiger partial charge is 0.489 e. The van der Waals surface area contributed by atoms with Gasteiger partial charge < -0.3 is 4.74 Å². The number of aryl methyl sites for hydroxylation is 1. The predicted molar refractivity (Wildman–Crippen MR) is 119 cm³/mol. The van der Waals surface area contributed by atoms with Crippen LogP contribution in [0.15, 0.2) is 70.6 Å². The molecule has 0 spiro atoms. The van der Waals surface area contributed by atoms with Crippen LogP contribution in [0.25, 0.3) is 5.65 Å². The summed E-state index contributed by atoms with van der Waals surface area (Å²) < 4.78 is 35.8. The van der Waals surface area contributed by atoms with Gasteiger partial charge in [0.1, 0.15) is 12.4 Å². The van der Waals surface area contributed by atoms with Gasteiger partial charge in [0.2, 0.25) is 5.91 Å². The van der Waals surface area contributed by atoms with Gasteiger partial charge in [0.05, 0.1) is 16.6 Å². The zero-order valence-corrected chi connectivity index (χ0v) is 19.3. The molecule has 0 atom stereocenters. The molecular formula is C21H18BrN5O4S. The van der Waals surface area contributed by atoms with Gasteiger partial charge in [-0.05, 0) is 46.6 Å².